The number of pyridine rings is 1. The van der Waals surface area contributed by atoms with Crippen molar-refractivity contribution in [2.24, 2.45) is 5.73 Å². The van der Waals surface area contributed by atoms with E-state index in [1.165, 1.54) is 5.56 Å². The normalized spacial score (nSPS) is 11.8. The van der Waals surface area contributed by atoms with Crippen molar-refractivity contribution in [3.8, 4) is 11.5 Å². The molecule has 1 unspecified atom stereocenters. The van der Waals surface area contributed by atoms with Crippen LogP contribution in [0.15, 0.2) is 67.0 Å². The summed E-state index contributed by atoms with van der Waals surface area (Å²) < 4.78 is 11.5. The number of ether oxygens (including phenoxy) is 2. The van der Waals surface area contributed by atoms with Gasteiger partial charge in [-0.25, -0.2) is 0 Å². The Morgan fingerprint density at radius 2 is 1.88 bits per heavy atom. The number of hydrogen-bond donors (Lipinski definition) is 1. The predicted molar refractivity (Wildman–Crippen MR) is 103 cm³/mol. The maximum Gasteiger partial charge on any atom is 0.161 e. The number of benzene rings is 2. The molecule has 26 heavy (non-hydrogen) atoms. The molecule has 134 valence electrons. The monoisotopic (exact) mass is 348 g/mol. The molecule has 0 spiro atoms. The summed E-state index contributed by atoms with van der Waals surface area (Å²) >= 11 is 0. The van der Waals surface area contributed by atoms with Crippen molar-refractivity contribution < 1.29 is 9.47 Å². The maximum atomic E-state index is 6.29. The highest BCUT2D eigenvalue weighted by Gasteiger charge is 2.11. The highest BCUT2D eigenvalue weighted by atomic mass is 16.5. The van der Waals surface area contributed by atoms with E-state index in [2.05, 4.69) is 30.1 Å². The summed E-state index contributed by atoms with van der Waals surface area (Å²) in [5, 5.41) is 0. The van der Waals surface area contributed by atoms with Crippen molar-refractivity contribution in [1.82, 2.24) is 4.98 Å². The lowest BCUT2D eigenvalue weighted by atomic mass is 10.0. The molecule has 1 atom stereocenters. The fraction of sp³-hybridized carbons (Fsp3) is 0.227. The molecule has 2 aromatic carbocycles. The molecule has 0 aliphatic rings. The topological polar surface area (TPSA) is 57.4 Å². The van der Waals surface area contributed by atoms with Crippen LogP contribution in [0.4, 0.5) is 0 Å². The minimum Gasteiger partial charge on any atom is -0.493 e. The van der Waals surface area contributed by atoms with E-state index in [0.717, 1.165) is 22.4 Å². The highest BCUT2D eigenvalue weighted by molar-refractivity contribution is 5.43. The lowest BCUT2D eigenvalue weighted by molar-refractivity contribution is 0.284. The molecule has 0 saturated carbocycles. The average molecular weight is 348 g/mol. The van der Waals surface area contributed by atoms with Gasteiger partial charge in [-0.3, -0.25) is 4.98 Å². The number of nitrogens with two attached hydrogens (primary N) is 1. The summed E-state index contributed by atoms with van der Waals surface area (Å²) in [7, 11) is 1.65. The molecule has 4 nitrogen and oxygen atoms in total. The fourth-order valence-electron chi connectivity index (χ4n) is 2.89. The molecule has 3 rings (SSSR count). The zero-order valence-electron chi connectivity index (χ0n) is 15.2. The van der Waals surface area contributed by atoms with Crippen molar-refractivity contribution in [3.63, 3.8) is 0 Å². The zero-order chi connectivity index (χ0) is 18.4. The van der Waals surface area contributed by atoms with E-state index in [1.807, 2.05) is 36.4 Å². The lowest BCUT2D eigenvalue weighted by Gasteiger charge is -2.15. The van der Waals surface area contributed by atoms with Crippen LogP contribution in [0.3, 0.4) is 0 Å². The number of methoxy groups -OCH3 is 1. The van der Waals surface area contributed by atoms with Crippen LogP contribution in [-0.2, 0) is 13.0 Å². The molecule has 4 heteroatoms. The molecule has 0 fully saturated rings. The SMILES string of the molecule is COc1cc(CC(N)c2cccnc2)ccc1OCc1cccc(C)c1. The van der Waals surface area contributed by atoms with Crippen LogP contribution in [0.25, 0.3) is 0 Å². The Labute approximate surface area is 154 Å². The van der Waals surface area contributed by atoms with E-state index in [9.17, 15) is 0 Å². The van der Waals surface area contributed by atoms with Gasteiger partial charge in [-0.2, -0.15) is 0 Å². The first-order chi connectivity index (χ1) is 12.7. The molecule has 0 radical (unpaired) electrons. The number of aryl methyl sites for hydroxylation is 1. The third kappa shape index (κ3) is 4.61. The van der Waals surface area contributed by atoms with E-state index in [0.29, 0.717) is 18.8 Å². The predicted octanol–water partition coefficient (Wildman–Crippen LogP) is 4.22. The summed E-state index contributed by atoms with van der Waals surface area (Å²) in [6.07, 6.45) is 4.26. The van der Waals surface area contributed by atoms with Crippen LogP contribution in [0.5, 0.6) is 11.5 Å². The summed E-state index contributed by atoms with van der Waals surface area (Å²) in [4.78, 5) is 4.13. The van der Waals surface area contributed by atoms with Gasteiger partial charge in [0.1, 0.15) is 6.61 Å². The van der Waals surface area contributed by atoms with Gasteiger partial charge in [-0.15, -0.1) is 0 Å². The molecule has 0 amide bonds. The fourth-order valence-corrected chi connectivity index (χ4v) is 2.89. The molecule has 0 aliphatic carbocycles. The van der Waals surface area contributed by atoms with Crippen LogP contribution in [0.1, 0.15) is 28.3 Å². The van der Waals surface area contributed by atoms with Gasteiger partial charge in [0, 0.05) is 18.4 Å². The largest absolute Gasteiger partial charge is 0.493 e. The Hall–Kier alpha value is -2.85. The van der Waals surface area contributed by atoms with Crippen molar-refractivity contribution in [2.75, 3.05) is 7.11 Å². The van der Waals surface area contributed by atoms with Gasteiger partial charge in [-0.1, -0.05) is 42.0 Å². The van der Waals surface area contributed by atoms with E-state index >= 15 is 0 Å². The first kappa shape index (κ1) is 18.0. The van der Waals surface area contributed by atoms with Crippen LogP contribution in [0, 0.1) is 6.92 Å². The van der Waals surface area contributed by atoms with Gasteiger partial charge in [0.2, 0.25) is 0 Å². The zero-order valence-corrected chi connectivity index (χ0v) is 15.2. The van der Waals surface area contributed by atoms with Crippen molar-refractivity contribution >= 4 is 0 Å². The third-order valence-electron chi connectivity index (χ3n) is 4.27. The van der Waals surface area contributed by atoms with E-state index < -0.39 is 0 Å². The van der Waals surface area contributed by atoms with Gasteiger partial charge < -0.3 is 15.2 Å². The second-order valence-corrected chi connectivity index (χ2v) is 6.36. The Bertz CT molecular complexity index is 850. The number of nitrogens with zero attached hydrogens (tertiary/aromatic N) is 1. The summed E-state index contributed by atoms with van der Waals surface area (Å²) in [6, 6.07) is 18.0. The van der Waals surface area contributed by atoms with Gasteiger partial charge >= 0.3 is 0 Å². The molecular weight excluding hydrogens is 324 g/mol. The molecule has 0 aliphatic heterocycles. The Morgan fingerprint density at radius 1 is 1.00 bits per heavy atom. The molecule has 1 heterocycles. The van der Waals surface area contributed by atoms with Gasteiger partial charge in [0.05, 0.1) is 7.11 Å². The smallest absolute Gasteiger partial charge is 0.161 e. The van der Waals surface area contributed by atoms with Crippen molar-refractivity contribution in [3.05, 3.63) is 89.2 Å². The third-order valence-corrected chi connectivity index (χ3v) is 4.27. The maximum absolute atomic E-state index is 6.29. The van der Waals surface area contributed by atoms with Crippen LogP contribution in [0.2, 0.25) is 0 Å². The molecular formula is C22H24N2O2. The minimum absolute atomic E-state index is 0.104. The van der Waals surface area contributed by atoms with E-state index in [-0.39, 0.29) is 6.04 Å². The van der Waals surface area contributed by atoms with Gasteiger partial charge in [0.25, 0.3) is 0 Å². The standard InChI is InChI=1S/C22H24N2O2/c1-16-5-3-6-18(11-16)15-26-21-9-8-17(13-22(21)25-2)12-20(23)19-7-4-10-24-14-19/h3-11,13-14,20H,12,15,23H2,1-2H3. The molecule has 1 aromatic heterocycles. The van der Waals surface area contributed by atoms with E-state index in [1.54, 1.807) is 19.5 Å². The van der Waals surface area contributed by atoms with E-state index in [4.69, 9.17) is 15.2 Å². The summed E-state index contributed by atoms with van der Waals surface area (Å²) in [5.41, 5.74) is 10.8. The number of rotatable bonds is 7. The number of hydrogen-bond acceptors (Lipinski definition) is 4. The minimum atomic E-state index is -0.104. The molecule has 3 aromatic rings. The second-order valence-electron chi connectivity index (χ2n) is 6.36. The highest BCUT2D eigenvalue weighted by Crippen LogP contribution is 2.30. The van der Waals surface area contributed by atoms with Crippen LogP contribution < -0.4 is 15.2 Å². The van der Waals surface area contributed by atoms with Crippen molar-refractivity contribution in [2.45, 2.75) is 26.0 Å². The van der Waals surface area contributed by atoms with Crippen molar-refractivity contribution in [1.29, 1.82) is 0 Å². The first-order valence-electron chi connectivity index (χ1n) is 8.66. The van der Waals surface area contributed by atoms with Gasteiger partial charge in [-0.05, 0) is 48.2 Å². The molecule has 0 saturated heterocycles. The summed E-state index contributed by atoms with van der Waals surface area (Å²) in [5.74, 6) is 1.45. The lowest BCUT2D eigenvalue weighted by Crippen LogP contribution is -2.13. The quantitative estimate of drug-likeness (QED) is 0.694. The number of aromatic nitrogens is 1. The Kier molecular flexibility index (Phi) is 5.87. The van der Waals surface area contributed by atoms with Crippen LogP contribution >= 0.6 is 0 Å². The molecule has 0 bridgehead atoms. The van der Waals surface area contributed by atoms with Crippen LogP contribution in [-0.4, -0.2) is 12.1 Å². The average Bonchev–Trinajstić information content (AvgIpc) is 2.67. The Balaban J connectivity index is 1.69. The first-order valence-corrected chi connectivity index (χ1v) is 8.66. The van der Waals surface area contributed by atoms with Gasteiger partial charge in [0.15, 0.2) is 11.5 Å². The Morgan fingerprint density at radius 3 is 2.62 bits per heavy atom. The second kappa shape index (κ2) is 8.50. The molecule has 2 N–H and O–H groups in total. The summed E-state index contributed by atoms with van der Waals surface area (Å²) in [6.45, 7) is 2.58.